The molecule has 1 fully saturated rings. The standard InChI is InChI=1S/C25H23NO/c1-26-22-14-21-18-10-5-6-13-23(18)27-24(21)15-20(22)19-12-7-11-17(25(19)26)16-8-3-2-4-9-16/h5-7,10-16H,2-4,8-9H2,1H3. The molecule has 0 aliphatic heterocycles. The molecule has 3 aromatic carbocycles. The Kier molecular flexibility index (Phi) is 3.19. The summed E-state index contributed by atoms with van der Waals surface area (Å²) in [5, 5.41) is 5.07. The summed E-state index contributed by atoms with van der Waals surface area (Å²) in [4.78, 5) is 0. The van der Waals surface area contributed by atoms with Crippen molar-refractivity contribution in [3.8, 4) is 0 Å². The molecule has 27 heavy (non-hydrogen) atoms. The van der Waals surface area contributed by atoms with E-state index in [4.69, 9.17) is 4.42 Å². The van der Waals surface area contributed by atoms with Crippen LogP contribution in [0.2, 0.25) is 0 Å². The van der Waals surface area contributed by atoms with E-state index in [1.54, 1.807) is 0 Å². The van der Waals surface area contributed by atoms with Gasteiger partial charge in [-0.15, -0.1) is 0 Å². The molecule has 1 aliphatic rings. The Hall–Kier alpha value is -2.74. The smallest absolute Gasteiger partial charge is 0.136 e. The highest BCUT2D eigenvalue weighted by Crippen LogP contribution is 2.41. The zero-order valence-corrected chi connectivity index (χ0v) is 15.7. The van der Waals surface area contributed by atoms with Gasteiger partial charge in [0.1, 0.15) is 11.2 Å². The van der Waals surface area contributed by atoms with Gasteiger partial charge in [-0.3, -0.25) is 0 Å². The lowest BCUT2D eigenvalue weighted by Gasteiger charge is -2.23. The number of nitrogens with zero attached hydrogens (tertiary/aromatic N) is 1. The van der Waals surface area contributed by atoms with Gasteiger partial charge < -0.3 is 8.98 Å². The highest BCUT2D eigenvalue weighted by Gasteiger charge is 2.21. The maximum Gasteiger partial charge on any atom is 0.136 e. The number of aromatic nitrogens is 1. The second-order valence-corrected chi connectivity index (χ2v) is 8.10. The van der Waals surface area contributed by atoms with Crippen LogP contribution in [-0.4, -0.2) is 4.57 Å². The normalized spacial score (nSPS) is 16.2. The van der Waals surface area contributed by atoms with Crippen LogP contribution >= 0.6 is 0 Å². The third-order valence-corrected chi connectivity index (χ3v) is 6.59. The highest BCUT2D eigenvalue weighted by molar-refractivity contribution is 6.16. The molecule has 2 heterocycles. The summed E-state index contributed by atoms with van der Waals surface area (Å²) in [5.74, 6) is 0.703. The largest absolute Gasteiger partial charge is 0.456 e. The minimum absolute atomic E-state index is 0.703. The zero-order chi connectivity index (χ0) is 18.0. The minimum atomic E-state index is 0.703. The van der Waals surface area contributed by atoms with Gasteiger partial charge in [0.15, 0.2) is 0 Å². The molecule has 1 saturated carbocycles. The minimum Gasteiger partial charge on any atom is -0.456 e. The molecule has 6 rings (SSSR count). The van der Waals surface area contributed by atoms with Crippen LogP contribution in [0.15, 0.2) is 59.0 Å². The molecule has 2 heteroatoms. The SMILES string of the molecule is Cn1c2cc3c(cc2c2cccc(C4CCCCC4)c21)oc1ccccc13. The summed E-state index contributed by atoms with van der Waals surface area (Å²) >= 11 is 0. The zero-order valence-electron chi connectivity index (χ0n) is 15.7. The van der Waals surface area contributed by atoms with Gasteiger partial charge in [-0.25, -0.2) is 0 Å². The van der Waals surface area contributed by atoms with Crippen LogP contribution in [0.1, 0.15) is 43.6 Å². The lowest BCUT2D eigenvalue weighted by Crippen LogP contribution is -2.06. The topological polar surface area (TPSA) is 18.1 Å². The highest BCUT2D eigenvalue weighted by atomic mass is 16.3. The van der Waals surface area contributed by atoms with E-state index in [0.29, 0.717) is 5.92 Å². The van der Waals surface area contributed by atoms with Crippen LogP contribution in [-0.2, 0) is 7.05 Å². The lowest BCUT2D eigenvalue weighted by atomic mass is 9.83. The third-order valence-electron chi connectivity index (χ3n) is 6.59. The number of rotatable bonds is 1. The fourth-order valence-corrected chi connectivity index (χ4v) is 5.27. The van der Waals surface area contributed by atoms with E-state index in [-0.39, 0.29) is 0 Å². The van der Waals surface area contributed by atoms with Crippen LogP contribution in [0.4, 0.5) is 0 Å². The first-order valence-electron chi connectivity index (χ1n) is 10.1. The average molecular weight is 353 g/mol. The number of hydrogen-bond donors (Lipinski definition) is 0. The molecule has 0 atom stereocenters. The van der Waals surface area contributed by atoms with Crippen LogP contribution in [0, 0.1) is 0 Å². The molecule has 134 valence electrons. The van der Waals surface area contributed by atoms with E-state index in [1.165, 1.54) is 70.2 Å². The second kappa shape index (κ2) is 5.63. The number of hydrogen-bond acceptors (Lipinski definition) is 1. The molecule has 0 unspecified atom stereocenters. The third kappa shape index (κ3) is 2.13. The molecular formula is C25H23NO. The summed E-state index contributed by atoms with van der Waals surface area (Å²) in [6, 6.07) is 19.8. The number of aryl methyl sites for hydroxylation is 1. The Balaban J connectivity index is 1.70. The van der Waals surface area contributed by atoms with Crippen molar-refractivity contribution in [2.75, 3.05) is 0 Å². The van der Waals surface area contributed by atoms with Crippen molar-refractivity contribution in [2.45, 2.75) is 38.0 Å². The fourth-order valence-electron chi connectivity index (χ4n) is 5.27. The summed E-state index contributed by atoms with van der Waals surface area (Å²) in [6.45, 7) is 0. The maximum absolute atomic E-state index is 6.16. The Morgan fingerprint density at radius 3 is 2.48 bits per heavy atom. The quantitative estimate of drug-likeness (QED) is 0.310. The van der Waals surface area contributed by atoms with E-state index in [2.05, 4.69) is 60.1 Å². The van der Waals surface area contributed by atoms with Crippen LogP contribution < -0.4 is 0 Å². The van der Waals surface area contributed by atoms with Crippen molar-refractivity contribution < 1.29 is 4.42 Å². The maximum atomic E-state index is 6.16. The molecule has 0 N–H and O–H groups in total. The molecule has 0 spiro atoms. The van der Waals surface area contributed by atoms with Gasteiger partial charge in [-0.1, -0.05) is 55.7 Å². The van der Waals surface area contributed by atoms with Gasteiger partial charge in [-0.2, -0.15) is 0 Å². The summed E-state index contributed by atoms with van der Waals surface area (Å²) < 4.78 is 8.57. The van der Waals surface area contributed by atoms with Gasteiger partial charge in [0.25, 0.3) is 0 Å². The molecule has 0 saturated heterocycles. The van der Waals surface area contributed by atoms with Crippen molar-refractivity contribution in [1.82, 2.24) is 4.57 Å². The van der Waals surface area contributed by atoms with E-state index >= 15 is 0 Å². The number of para-hydroxylation sites is 2. The summed E-state index contributed by atoms with van der Waals surface area (Å²) in [6.07, 6.45) is 6.78. The van der Waals surface area contributed by atoms with Gasteiger partial charge in [0.05, 0.1) is 5.52 Å². The number of benzene rings is 3. The van der Waals surface area contributed by atoms with Gasteiger partial charge in [-0.05, 0) is 42.5 Å². The average Bonchev–Trinajstić information content (AvgIpc) is 3.23. The summed E-state index contributed by atoms with van der Waals surface area (Å²) in [7, 11) is 2.23. The van der Waals surface area contributed by atoms with Gasteiger partial charge in [0, 0.05) is 34.1 Å². The van der Waals surface area contributed by atoms with Crippen molar-refractivity contribution in [1.29, 1.82) is 0 Å². The van der Waals surface area contributed by atoms with Crippen LogP contribution in [0.25, 0.3) is 43.7 Å². The number of fused-ring (bicyclic) bond motifs is 6. The Bertz CT molecular complexity index is 1310. The van der Waals surface area contributed by atoms with Gasteiger partial charge in [0.2, 0.25) is 0 Å². The Morgan fingerprint density at radius 2 is 1.59 bits per heavy atom. The molecule has 5 aromatic rings. The van der Waals surface area contributed by atoms with Crippen LogP contribution in [0.5, 0.6) is 0 Å². The first-order valence-corrected chi connectivity index (χ1v) is 10.1. The summed E-state index contributed by atoms with van der Waals surface area (Å²) in [5.41, 5.74) is 6.20. The van der Waals surface area contributed by atoms with E-state index < -0.39 is 0 Å². The Labute approximate surface area is 158 Å². The van der Waals surface area contributed by atoms with E-state index in [1.807, 2.05) is 6.07 Å². The van der Waals surface area contributed by atoms with Crippen molar-refractivity contribution in [3.05, 3.63) is 60.2 Å². The van der Waals surface area contributed by atoms with Crippen molar-refractivity contribution >= 4 is 43.7 Å². The van der Waals surface area contributed by atoms with Crippen molar-refractivity contribution in [3.63, 3.8) is 0 Å². The van der Waals surface area contributed by atoms with E-state index in [0.717, 1.165) is 11.2 Å². The lowest BCUT2D eigenvalue weighted by molar-refractivity contribution is 0.445. The molecule has 0 radical (unpaired) electrons. The van der Waals surface area contributed by atoms with E-state index in [9.17, 15) is 0 Å². The van der Waals surface area contributed by atoms with Crippen LogP contribution in [0.3, 0.4) is 0 Å². The predicted molar refractivity (Wildman–Crippen MR) is 114 cm³/mol. The molecule has 0 bridgehead atoms. The second-order valence-electron chi connectivity index (χ2n) is 8.10. The first-order chi connectivity index (χ1) is 13.3. The van der Waals surface area contributed by atoms with Gasteiger partial charge >= 0.3 is 0 Å². The van der Waals surface area contributed by atoms with Crippen molar-refractivity contribution in [2.24, 2.45) is 7.05 Å². The predicted octanol–water partition coefficient (Wildman–Crippen LogP) is 7.28. The first kappa shape index (κ1) is 15.3. The monoisotopic (exact) mass is 353 g/mol. The Morgan fingerprint density at radius 1 is 0.778 bits per heavy atom. The molecule has 0 amide bonds. The fraction of sp³-hybridized carbons (Fsp3) is 0.280. The molecular weight excluding hydrogens is 330 g/mol. The molecule has 1 aliphatic carbocycles. The molecule has 2 nitrogen and oxygen atoms in total. The number of furan rings is 1. The molecule has 2 aromatic heterocycles.